The van der Waals surface area contributed by atoms with Gasteiger partial charge in [-0.3, -0.25) is 4.79 Å². The number of amides is 1. The maximum Gasteiger partial charge on any atom is 0.249 e. The lowest BCUT2D eigenvalue weighted by molar-refractivity contribution is -0.120. The van der Waals surface area contributed by atoms with Gasteiger partial charge >= 0.3 is 0 Å². The summed E-state index contributed by atoms with van der Waals surface area (Å²) in [6.45, 7) is 3.79. The highest BCUT2D eigenvalue weighted by Crippen LogP contribution is 2.31. The van der Waals surface area contributed by atoms with Crippen molar-refractivity contribution in [2.75, 3.05) is 10.6 Å². The molecule has 2 heterocycles. The lowest BCUT2D eigenvalue weighted by Crippen LogP contribution is -2.49. The molecule has 1 aromatic rings. The van der Waals surface area contributed by atoms with Crippen molar-refractivity contribution in [1.82, 2.24) is 4.98 Å². The van der Waals surface area contributed by atoms with Gasteiger partial charge in [-0.05, 0) is 25.5 Å². The highest BCUT2D eigenvalue weighted by atomic mass is 35.5. The molecule has 1 atom stereocenters. The molecule has 0 saturated heterocycles. The molecule has 1 aliphatic rings. The topological polar surface area (TPSA) is 54.0 Å². The van der Waals surface area contributed by atoms with Gasteiger partial charge in [0.1, 0.15) is 10.7 Å². The molecule has 1 amide bonds. The fourth-order valence-electron chi connectivity index (χ4n) is 1.46. The minimum absolute atomic E-state index is 0.0402. The number of fused-ring (bicyclic) bond motifs is 1. The molecule has 0 fully saturated rings. The second kappa shape index (κ2) is 3.38. The van der Waals surface area contributed by atoms with Gasteiger partial charge in [-0.1, -0.05) is 18.5 Å². The van der Waals surface area contributed by atoms with Gasteiger partial charge in [0.25, 0.3) is 0 Å². The first kappa shape index (κ1) is 10.2. The molecule has 15 heavy (non-hydrogen) atoms. The van der Waals surface area contributed by atoms with Gasteiger partial charge < -0.3 is 10.6 Å². The van der Waals surface area contributed by atoms with Crippen LogP contribution in [0.15, 0.2) is 12.1 Å². The Labute approximate surface area is 93.0 Å². The predicted octanol–water partition coefficient (Wildman–Crippen LogP) is 2.27. The van der Waals surface area contributed by atoms with E-state index in [-0.39, 0.29) is 5.91 Å². The summed E-state index contributed by atoms with van der Waals surface area (Å²) in [7, 11) is 0. The molecule has 0 spiro atoms. The third kappa shape index (κ3) is 1.65. The zero-order chi connectivity index (χ0) is 11.1. The van der Waals surface area contributed by atoms with Crippen molar-refractivity contribution in [3.63, 3.8) is 0 Å². The van der Waals surface area contributed by atoms with Crippen molar-refractivity contribution in [2.24, 2.45) is 0 Å². The van der Waals surface area contributed by atoms with E-state index in [9.17, 15) is 4.79 Å². The van der Waals surface area contributed by atoms with Crippen LogP contribution in [0.1, 0.15) is 20.3 Å². The van der Waals surface area contributed by atoms with Crippen molar-refractivity contribution in [3.8, 4) is 0 Å². The third-order valence-electron chi connectivity index (χ3n) is 2.71. The van der Waals surface area contributed by atoms with E-state index in [1.54, 1.807) is 12.1 Å². The molecule has 80 valence electrons. The van der Waals surface area contributed by atoms with E-state index in [4.69, 9.17) is 11.6 Å². The molecule has 0 aromatic carbocycles. The van der Waals surface area contributed by atoms with Crippen LogP contribution in [0, 0.1) is 0 Å². The number of halogens is 1. The number of hydrogen-bond donors (Lipinski definition) is 2. The summed E-state index contributed by atoms with van der Waals surface area (Å²) in [5, 5.41) is 6.32. The maximum atomic E-state index is 11.8. The van der Waals surface area contributed by atoms with Crippen LogP contribution in [0.5, 0.6) is 0 Å². The van der Waals surface area contributed by atoms with E-state index < -0.39 is 5.54 Å². The number of carbonyl (C=O) groups excluding carboxylic acids is 1. The van der Waals surface area contributed by atoms with Gasteiger partial charge in [0.15, 0.2) is 5.82 Å². The quantitative estimate of drug-likeness (QED) is 0.721. The van der Waals surface area contributed by atoms with Crippen LogP contribution in [0.25, 0.3) is 0 Å². The van der Waals surface area contributed by atoms with Crippen LogP contribution in [-0.4, -0.2) is 16.4 Å². The molecule has 1 aromatic heterocycles. The van der Waals surface area contributed by atoms with E-state index in [1.165, 1.54) is 0 Å². The monoisotopic (exact) mass is 225 g/mol. The molecule has 2 N–H and O–H groups in total. The zero-order valence-corrected chi connectivity index (χ0v) is 9.35. The number of rotatable bonds is 1. The molecule has 1 aliphatic heterocycles. The minimum Gasteiger partial charge on any atom is -0.354 e. The van der Waals surface area contributed by atoms with Crippen molar-refractivity contribution >= 4 is 29.0 Å². The number of nitrogens with zero attached hydrogens (tertiary/aromatic N) is 1. The lowest BCUT2D eigenvalue weighted by atomic mass is 9.95. The van der Waals surface area contributed by atoms with E-state index in [0.29, 0.717) is 23.1 Å². The number of nitrogens with one attached hydrogen (secondary N) is 2. The maximum absolute atomic E-state index is 11.8. The fraction of sp³-hybridized carbons (Fsp3) is 0.400. The van der Waals surface area contributed by atoms with Gasteiger partial charge in [0.2, 0.25) is 5.91 Å². The molecule has 0 saturated carbocycles. The molecular weight excluding hydrogens is 214 g/mol. The van der Waals surface area contributed by atoms with E-state index in [2.05, 4.69) is 15.6 Å². The number of anilines is 2. The molecule has 5 heteroatoms. The smallest absolute Gasteiger partial charge is 0.249 e. The number of aromatic nitrogens is 1. The Morgan fingerprint density at radius 2 is 2.27 bits per heavy atom. The first-order valence-corrected chi connectivity index (χ1v) is 5.19. The van der Waals surface area contributed by atoms with Crippen LogP contribution in [0.4, 0.5) is 11.5 Å². The molecular formula is C10H12ClN3O. The van der Waals surface area contributed by atoms with Crippen molar-refractivity contribution in [3.05, 3.63) is 17.3 Å². The molecule has 0 bridgehead atoms. The van der Waals surface area contributed by atoms with Gasteiger partial charge in [0, 0.05) is 0 Å². The average Bonchev–Trinajstić information content (AvgIpc) is 2.20. The Bertz CT molecular complexity index is 421. The summed E-state index contributed by atoms with van der Waals surface area (Å²) in [5.41, 5.74) is 0.0698. The normalized spacial score (nSPS) is 24.1. The summed E-state index contributed by atoms with van der Waals surface area (Å²) < 4.78 is 0. The first-order valence-electron chi connectivity index (χ1n) is 4.81. The summed E-state index contributed by atoms with van der Waals surface area (Å²) in [5.74, 6) is 0.591. The highest BCUT2D eigenvalue weighted by Gasteiger charge is 2.36. The van der Waals surface area contributed by atoms with Gasteiger partial charge in [-0.25, -0.2) is 4.98 Å². The number of pyridine rings is 1. The van der Waals surface area contributed by atoms with E-state index in [1.807, 2.05) is 13.8 Å². The zero-order valence-electron chi connectivity index (χ0n) is 8.60. The molecule has 1 unspecified atom stereocenters. The molecule has 0 aliphatic carbocycles. The Hall–Kier alpha value is -1.29. The number of carbonyl (C=O) groups is 1. The predicted molar refractivity (Wildman–Crippen MR) is 60.2 cm³/mol. The lowest BCUT2D eigenvalue weighted by Gasteiger charge is -2.34. The van der Waals surface area contributed by atoms with Crippen LogP contribution in [-0.2, 0) is 4.79 Å². The van der Waals surface area contributed by atoms with E-state index >= 15 is 0 Å². The van der Waals surface area contributed by atoms with Crippen molar-refractivity contribution < 1.29 is 4.79 Å². The highest BCUT2D eigenvalue weighted by molar-refractivity contribution is 6.29. The summed E-state index contributed by atoms with van der Waals surface area (Å²) >= 11 is 5.79. The number of hydrogen-bond acceptors (Lipinski definition) is 3. The average molecular weight is 226 g/mol. The van der Waals surface area contributed by atoms with Gasteiger partial charge in [0.05, 0.1) is 5.69 Å². The van der Waals surface area contributed by atoms with Crippen molar-refractivity contribution in [1.29, 1.82) is 0 Å². The summed E-state index contributed by atoms with van der Waals surface area (Å²) in [6.07, 6.45) is 0.687. The Morgan fingerprint density at radius 3 is 2.93 bits per heavy atom. The first-order chi connectivity index (χ1) is 7.05. The van der Waals surface area contributed by atoms with Crippen molar-refractivity contribution in [2.45, 2.75) is 25.8 Å². The third-order valence-corrected chi connectivity index (χ3v) is 2.92. The molecule has 4 nitrogen and oxygen atoms in total. The molecule has 2 rings (SSSR count). The molecule has 0 radical (unpaired) electrons. The van der Waals surface area contributed by atoms with Crippen LogP contribution in [0.3, 0.4) is 0 Å². The minimum atomic E-state index is -0.606. The van der Waals surface area contributed by atoms with Crippen LogP contribution in [0.2, 0.25) is 5.15 Å². The SMILES string of the molecule is CCC1(C)Nc2nc(Cl)ccc2NC1=O. The Morgan fingerprint density at radius 1 is 1.53 bits per heavy atom. The second-order valence-electron chi connectivity index (χ2n) is 3.79. The summed E-state index contributed by atoms with van der Waals surface area (Å²) in [4.78, 5) is 15.9. The Balaban J connectivity index is 2.43. The largest absolute Gasteiger partial charge is 0.354 e. The standard InChI is InChI=1S/C10H12ClN3O/c1-3-10(2)9(15)12-6-4-5-7(11)13-8(6)14-10/h4-5H,3H2,1-2H3,(H,12,15)(H,13,14). The van der Waals surface area contributed by atoms with E-state index in [0.717, 1.165) is 0 Å². The van der Waals surface area contributed by atoms with Gasteiger partial charge in [-0.2, -0.15) is 0 Å². The second-order valence-corrected chi connectivity index (χ2v) is 4.18. The Kier molecular flexibility index (Phi) is 2.31. The summed E-state index contributed by atoms with van der Waals surface area (Å²) in [6, 6.07) is 3.39. The van der Waals surface area contributed by atoms with Gasteiger partial charge in [-0.15, -0.1) is 0 Å². The fourth-order valence-corrected chi connectivity index (χ4v) is 1.61. The van der Waals surface area contributed by atoms with Crippen LogP contribution < -0.4 is 10.6 Å². The van der Waals surface area contributed by atoms with Crippen LogP contribution >= 0.6 is 11.6 Å².